The van der Waals surface area contributed by atoms with Crippen LogP contribution in [-0.2, 0) is 4.79 Å². The summed E-state index contributed by atoms with van der Waals surface area (Å²) in [5.74, 6) is 0.463. The highest BCUT2D eigenvalue weighted by atomic mass is 16.3. The van der Waals surface area contributed by atoms with E-state index in [0.717, 1.165) is 36.1 Å². The second-order valence-corrected chi connectivity index (χ2v) is 6.86. The largest absolute Gasteiger partial charge is 0.508 e. The van der Waals surface area contributed by atoms with Crippen LogP contribution in [0.25, 0.3) is 0 Å². The fraction of sp³-hybridized carbons (Fsp3) is 0.474. The highest BCUT2D eigenvalue weighted by Crippen LogP contribution is 2.38. The van der Waals surface area contributed by atoms with Crippen LogP contribution in [0.4, 0.5) is 0 Å². The number of aliphatic imine (C=N–C) groups is 1. The van der Waals surface area contributed by atoms with Crippen LogP contribution in [0.5, 0.6) is 5.75 Å². The Labute approximate surface area is 136 Å². The molecule has 0 saturated heterocycles. The quantitative estimate of drug-likeness (QED) is 0.838. The molecule has 1 saturated carbocycles. The molecule has 120 valence electrons. The Morgan fingerprint density at radius 3 is 2.83 bits per heavy atom. The topological polar surface area (TPSA) is 61.7 Å². The SMILES string of the molecule is O=C1C[C@H](c2ccccc2O)CC2=C1C=N[C@H]1CCCC[C@@H]1N2. The van der Waals surface area contributed by atoms with Crippen molar-refractivity contribution in [1.29, 1.82) is 0 Å². The van der Waals surface area contributed by atoms with E-state index in [1.807, 2.05) is 24.4 Å². The molecule has 0 radical (unpaired) electrons. The molecule has 0 amide bonds. The van der Waals surface area contributed by atoms with E-state index in [4.69, 9.17) is 0 Å². The molecule has 0 unspecified atom stereocenters. The number of hydrogen-bond acceptors (Lipinski definition) is 4. The Balaban J connectivity index is 1.64. The van der Waals surface area contributed by atoms with Gasteiger partial charge in [0, 0.05) is 30.3 Å². The third kappa shape index (κ3) is 2.67. The number of rotatable bonds is 1. The van der Waals surface area contributed by atoms with Gasteiger partial charge >= 0.3 is 0 Å². The molecular weight excluding hydrogens is 288 g/mol. The molecule has 3 aliphatic rings. The first-order valence-corrected chi connectivity index (χ1v) is 8.56. The summed E-state index contributed by atoms with van der Waals surface area (Å²) in [6.45, 7) is 0. The predicted molar refractivity (Wildman–Crippen MR) is 89.8 cm³/mol. The minimum atomic E-state index is 0.0449. The van der Waals surface area contributed by atoms with Crippen LogP contribution in [0.1, 0.15) is 50.0 Å². The highest BCUT2D eigenvalue weighted by Gasteiger charge is 2.34. The zero-order valence-corrected chi connectivity index (χ0v) is 13.2. The summed E-state index contributed by atoms with van der Waals surface area (Å²) < 4.78 is 0. The van der Waals surface area contributed by atoms with Crippen molar-refractivity contribution in [2.24, 2.45) is 4.99 Å². The van der Waals surface area contributed by atoms with Crippen molar-refractivity contribution >= 4 is 12.0 Å². The Kier molecular flexibility index (Phi) is 3.68. The third-order valence-corrected chi connectivity index (χ3v) is 5.37. The first-order chi connectivity index (χ1) is 11.2. The van der Waals surface area contributed by atoms with Gasteiger partial charge in [-0.2, -0.15) is 0 Å². The van der Waals surface area contributed by atoms with Gasteiger partial charge in [0.25, 0.3) is 0 Å². The number of fused-ring (bicyclic) bond motifs is 1. The molecule has 3 atom stereocenters. The fourth-order valence-corrected chi connectivity index (χ4v) is 4.12. The normalized spacial score (nSPS) is 30.3. The first kappa shape index (κ1) is 14.5. The predicted octanol–water partition coefficient (Wildman–Crippen LogP) is 3.08. The number of ketones is 1. The van der Waals surface area contributed by atoms with Crippen LogP contribution in [-0.4, -0.2) is 29.2 Å². The maximum Gasteiger partial charge on any atom is 0.166 e. The second-order valence-electron chi connectivity index (χ2n) is 6.86. The number of benzene rings is 1. The lowest BCUT2D eigenvalue weighted by molar-refractivity contribution is -0.115. The molecular formula is C19H22N2O2. The van der Waals surface area contributed by atoms with E-state index < -0.39 is 0 Å². The second kappa shape index (κ2) is 5.84. The van der Waals surface area contributed by atoms with E-state index in [1.54, 1.807) is 6.07 Å². The van der Waals surface area contributed by atoms with Crippen molar-refractivity contribution in [3.8, 4) is 5.75 Å². The average Bonchev–Trinajstić information content (AvgIpc) is 2.74. The fourth-order valence-electron chi connectivity index (χ4n) is 4.12. The van der Waals surface area contributed by atoms with Crippen molar-refractivity contribution < 1.29 is 9.90 Å². The molecule has 1 heterocycles. The molecule has 0 aromatic heterocycles. The minimum absolute atomic E-state index is 0.0449. The Morgan fingerprint density at radius 2 is 1.96 bits per heavy atom. The molecule has 4 nitrogen and oxygen atoms in total. The molecule has 0 bridgehead atoms. The number of phenolic OH excluding ortho intramolecular Hbond substituents is 1. The van der Waals surface area contributed by atoms with Gasteiger partial charge in [0.15, 0.2) is 5.78 Å². The maximum absolute atomic E-state index is 12.6. The molecule has 1 aromatic carbocycles. The summed E-state index contributed by atoms with van der Waals surface area (Å²) in [7, 11) is 0. The van der Waals surface area contributed by atoms with Crippen LogP contribution in [0, 0.1) is 0 Å². The molecule has 23 heavy (non-hydrogen) atoms. The average molecular weight is 310 g/mol. The number of carbonyl (C=O) groups is 1. The molecule has 2 aliphatic carbocycles. The van der Waals surface area contributed by atoms with Gasteiger partial charge in [-0.25, -0.2) is 0 Å². The molecule has 4 rings (SSSR count). The number of Topliss-reactive ketones (excluding diaryl/α,β-unsaturated/α-hetero) is 1. The van der Waals surface area contributed by atoms with E-state index >= 15 is 0 Å². The Hall–Kier alpha value is -2.10. The Morgan fingerprint density at radius 1 is 1.13 bits per heavy atom. The molecule has 1 aromatic rings. The molecule has 4 heteroatoms. The number of phenols is 1. The zero-order valence-electron chi connectivity index (χ0n) is 13.2. The lowest BCUT2D eigenvalue weighted by Crippen LogP contribution is -2.41. The summed E-state index contributed by atoms with van der Waals surface area (Å²) in [4.78, 5) is 17.3. The molecule has 1 fully saturated rings. The number of carbonyl (C=O) groups excluding carboxylic acids is 1. The van der Waals surface area contributed by atoms with Gasteiger partial charge in [0.05, 0.1) is 11.6 Å². The lowest BCUT2D eigenvalue weighted by atomic mass is 9.81. The highest BCUT2D eigenvalue weighted by molar-refractivity contribution is 6.15. The maximum atomic E-state index is 12.6. The van der Waals surface area contributed by atoms with Gasteiger partial charge in [-0.1, -0.05) is 31.0 Å². The minimum Gasteiger partial charge on any atom is -0.508 e. The van der Waals surface area contributed by atoms with E-state index in [-0.39, 0.29) is 17.5 Å². The van der Waals surface area contributed by atoms with Crippen molar-refractivity contribution in [3.05, 3.63) is 41.1 Å². The van der Waals surface area contributed by atoms with Gasteiger partial charge in [0.1, 0.15) is 5.75 Å². The molecule has 1 aliphatic heterocycles. The van der Waals surface area contributed by atoms with Crippen LogP contribution >= 0.6 is 0 Å². The van der Waals surface area contributed by atoms with Crippen molar-refractivity contribution in [3.63, 3.8) is 0 Å². The summed E-state index contributed by atoms with van der Waals surface area (Å²) in [6.07, 6.45) is 7.69. The monoisotopic (exact) mass is 310 g/mol. The van der Waals surface area contributed by atoms with E-state index in [2.05, 4.69) is 10.3 Å². The van der Waals surface area contributed by atoms with Crippen LogP contribution < -0.4 is 5.32 Å². The molecule has 2 N–H and O–H groups in total. The van der Waals surface area contributed by atoms with Crippen LogP contribution in [0.15, 0.2) is 40.5 Å². The van der Waals surface area contributed by atoms with Gasteiger partial charge in [-0.3, -0.25) is 9.79 Å². The zero-order chi connectivity index (χ0) is 15.8. The number of allylic oxidation sites excluding steroid dienone is 2. The first-order valence-electron chi connectivity index (χ1n) is 8.56. The number of nitrogens with one attached hydrogen (secondary N) is 1. The van der Waals surface area contributed by atoms with Crippen LogP contribution in [0.2, 0.25) is 0 Å². The number of nitrogens with zero attached hydrogens (tertiary/aromatic N) is 1. The lowest BCUT2D eigenvalue weighted by Gasteiger charge is -2.32. The summed E-state index contributed by atoms with van der Waals surface area (Å²) in [6, 6.07) is 8.00. The summed E-state index contributed by atoms with van der Waals surface area (Å²) in [5.41, 5.74) is 2.65. The van der Waals surface area contributed by atoms with Gasteiger partial charge in [-0.05, 0) is 30.9 Å². The van der Waals surface area contributed by atoms with Gasteiger partial charge in [-0.15, -0.1) is 0 Å². The number of aromatic hydroxyl groups is 1. The van der Waals surface area contributed by atoms with E-state index in [0.29, 0.717) is 18.5 Å². The van der Waals surface area contributed by atoms with E-state index in [1.165, 1.54) is 12.8 Å². The third-order valence-electron chi connectivity index (χ3n) is 5.37. The van der Waals surface area contributed by atoms with Crippen molar-refractivity contribution in [1.82, 2.24) is 5.32 Å². The van der Waals surface area contributed by atoms with E-state index in [9.17, 15) is 9.90 Å². The van der Waals surface area contributed by atoms with Crippen molar-refractivity contribution in [2.45, 2.75) is 56.5 Å². The van der Waals surface area contributed by atoms with Crippen LogP contribution in [0.3, 0.4) is 0 Å². The van der Waals surface area contributed by atoms with Crippen molar-refractivity contribution in [2.75, 3.05) is 0 Å². The van der Waals surface area contributed by atoms with Gasteiger partial charge in [0.2, 0.25) is 0 Å². The molecule has 0 spiro atoms. The smallest absolute Gasteiger partial charge is 0.166 e. The van der Waals surface area contributed by atoms with Gasteiger partial charge < -0.3 is 10.4 Å². The summed E-state index contributed by atoms with van der Waals surface area (Å²) in [5, 5.41) is 13.7. The number of para-hydroxylation sites is 1. The summed E-state index contributed by atoms with van der Waals surface area (Å²) >= 11 is 0. The standard InChI is InChI=1S/C19H22N2O2/c22-18-8-4-1-5-13(18)12-9-17-14(19(23)10-12)11-20-15-6-2-3-7-16(15)21-17/h1,4-5,8,11-12,15-16,21-22H,2-3,6-7,9-10H2/t12-,15+,16+/m1/s1. The Bertz CT molecular complexity index is 692. The number of hydrogen-bond donors (Lipinski definition) is 2.